The molecule has 1 rings (SSSR count). The van der Waals surface area contributed by atoms with Gasteiger partial charge in [-0.05, 0) is 25.8 Å². The minimum absolute atomic E-state index is 0.0203. The van der Waals surface area contributed by atoms with E-state index >= 15 is 0 Å². The first-order valence-corrected chi connectivity index (χ1v) is 4.98. The fraction of sp³-hybridized carbons (Fsp3) is 0.889. The van der Waals surface area contributed by atoms with Crippen molar-refractivity contribution in [1.29, 1.82) is 0 Å². The summed E-state index contributed by atoms with van der Waals surface area (Å²) >= 11 is 0. The molecule has 2 N–H and O–H groups in total. The predicted molar refractivity (Wildman–Crippen MR) is 50.0 cm³/mol. The van der Waals surface area contributed by atoms with Crippen LogP contribution >= 0.6 is 0 Å². The van der Waals surface area contributed by atoms with Gasteiger partial charge in [0.2, 0.25) is 5.91 Å². The van der Waals surface area contributed by atoms with Gasteiger partial charge in [0, 0.05) is 13.0 Å². The van der Waals surface area contributed by atoms with Gasteiger partial charge < -0.3 is 5.32 Å². The lowest BCUT2D eigenvalue weighted by atomic mass is 10.1. The largest absolute Gasteiger partial charge is 0.314 e. The molecular weight excluding hydrogens is 168 g/mol. The first-order chi connectivity index (χ1) is 6.33. The molecule has 0 aliphatic carbocycles. The molecule has 1 aliphatic heterocycles. The van der Waals surface area contributed by atoms with Crippen LogP contribution in [0.3, 0.4) is 0 Å². The first-order valence-electron chi connectivity index (χ1n) is 4.98. The van der Waals surface area contributed by atoms with Crippen LogP contribution in [0.5, 0.6) is 0 Å². The average Bonchev–Trinajstić information content (AvgIpc) is 2.17. The number of hydrogen-bond donors (Lipinski definition) is 2. The van der Waals surface area contributed by atoms with Crippen LogP contribution in [-0.4, -0.2) is 25.1 Å². The van der Waals surface area contributed by atoms with Gasteiger partial charge in [-0.2, -0.15) is 0 Å². The number of carbonyl (C=O) groups excluding carboxylic acids is 1. The highest BCUT2D eigenvalue weighted by Gasteiger charge is 2.14. The second-order valence-electron chi connectivity index (χ2n) is 3.36. The van der Waals surface area contributed by atoms with E-state index in [0.717, 1.165) is 32.4 Å². The van der Waals surface area contributed by atoms with Crippen LogP contribution in [-0.2, 0) is 9.63 Å². The maximum atomic E-state index is 11.0. The van der Waals surface area contributed by atoms with Gasteiger partial charge in [0.1, 0.15) is 0 Å². The molecule has 1 atom stereocenters. The lowest BCUT2D eigenvalue weighted by Gasteiger charge is -2.22. The molecule has 0 aromatic rings. The summed E-state index contributed by atoms with van der Waals surface area (Å²) in [5.41, 5.74) is 2.47. The van der Waals surface area contributed by atoms with Crippen LogP contribution in [0, 0.1) is 0 Å². The standard InChI is InChI=1S/C9H18N2O2/c1-2-4-9(12)11-13-8-5-3-6-10-7-8/h8,10H,2-7H2,1H3,(H,11,12). The quantitative estimate of drug-likeness (QED) is 0.632. The summed E-state index contributed by atoms with van der Waals surface area (Å²) < 4.78 is 0. The minimum atomic E-state index is -0.0203. The molecule has 0 aromatic carbocycles. The molecule has 4 heteroatoms. The third kappa shape index (κ3) is 4.24. The zero-order valence-corrected chi connectivity index (χ0v) is 8.14. The smallest absolute Gasteiger partial charge is 0.243 e. The fourth-order valence-electron chi connectivity index (χ4n) is 1.35. The van der Waals surface area contributed by atoms with Crippen molar-refractivity contribution in [2.75, 3.05) is 13.1 Å². The number of piperidine rings is 1. The Morgan fingerprint density at radius 2 is 2.54 bits per heavy atom. The SMILES string of the molecule is CCCC(=O)NOC1CCCNC1. The summed E-state index contributed by atoms with van der Waals surface area (Å²) in [6.45, 7) is 3.87. The van der Waals surface area contributed by atoms with Crippen molar-refractivity contribution in [2.24, 2.45) is 0 Å². The Balaban J connectivity index is 2.06. The van der Waals surface area contributed by atoms with Crippen LogP contribution in [0.25, 0.3) is 0 Å². The Morgan fingerprint density at radius 3 is 3.15 bits per heavy atom. The maximum absolute atomic E-state index is 11.0. The van der Waals surface area contributed by atoms with Crippen LogP contribution in [0.4, 0.5) is 0 Å². The van der Waals surface area contributed by atoms with Crippen LogP contribution in [0.1, 0.15) is 32.6 Å². The van der Waals surface area contributed by atoms with E-state index in [1.54, 1.807) is 0 Å². The van der Waals surface area contributed by atoms with Crippen molar-refractivity contribution in [3.05, 3.63) is 0 Å². The van der Waals surface area contributed by atoms with Gasteiger partial charge in [-0.15, -0.1) is 0 Å². The van der Waals surface area contributed by atoms with Crippen molar-refractivity contribution in [1.82, 2.24) is 10.8 Å². The molecule has 0 radical (unpaired) electrons. The Kier molecular flexibility index (Phi) is 4.78. The first kappa shape index (κ1) is 10.5. The van der Waals surface area contributed by atoms with E-state index in [9.17, 15) is 4.79 Å². The van der Waals surface area contributed by atoms with Crippen molar-refractivity contribution in [3.8, 4) is 0 Å². The van der Waals surface area contributed by atoms with Crippen LogP contribution in [0.15, 0.2) is 0 Å². The van der Waals surface area contributed by atoms with E-state index in [2.05, 4.69) is 10.8 Å². The van der Waals surface area contributed by atoms with E-state index in [0.29, 0.717) is 6.42 Å². The van der Waals surface area contributed by atoms with E-state index in [4.69, 9.17) is 4.84 Å². The molecule has 1 heterocycles. The Hall–Kier alpha value is -0.610. The number of carbonyl (C=O) groups is 1. The summed E-state index contributed by atoms with van der Waals surface area (Å²) in [4.78, 5) is 16.3. The Morgan fingerprint density at radius 1 is 1.69 bits per heavy atom. The van der Waals surface area contributed by atoms with E-state index in [-0.39, 0.29) is 12.0 Å². The Bertz CT molecular complexity index is 156. The molecular formula is C9H18N2O2. The molecule has 0 saturated carbocycles. The van der Waals surface area contributed by atoms with Crippen LogP contribution in [0.2, 0.25) is 0 Å². The molecule has 1 fully saturated rings. The van der Waals surface area contributed by atoms with Crippen molar-refractivity contribution < 1.29 is 9.63 Å². The summed E-state index contributed by atoms with van der Waals surface area (Å²) in [5, 5.41) is 3.21. The molecule has 0 bridgehead atoms. The summed E-state index contributed by atoms with van der Waals surface area (Å²) in [7, 11) is 0. The molecule has 1 amide bonds. The van der Waals surface area contributed by atoms with Gasteiger partial charge in [0.15, 0.2) is 0 Å². The number of hydroxylamine groups is 1. The zero-order chi connectivity index (χ0) is 9.52. The molecule has 0 aromatic heterocycles. The summed E-state index contributed by atoms with van der Waals surface area (Å²) in [5.74, 6) is -0.0203. The van der Waals surface area contributed by atoms with Crippen molar-refractivity contribution in [3.63, 3.8) is 0 Å². The molecule has 1 aliphatic rings. The number of rotatable bonds is 4. The van der Waals surface area contributed by atoms with E-state index in [1.807, 2.05) is 6.92 Å². The van der Waals surface area contributed by atoms with E-state index in [1.165, 1.54) is 0 Å². The average molecular weight is 186 g/mol. The van der Waals surface area contributed by atoms with Crippen molar-refractivity contribution >= 4 is 5.91 Å². The lowest BCUT2D eigenvalue weighted by Crippen LogP contribution is -2.40. The highest BCUT2D eigenvalue weighted by Crippen LogP contribution is 2.04. The van der Waals surface area contributed by atoms with Gasteiger partial charge in [0.25, 0.3) is 0 Å². The van der Waals surface area contributed by atoms with Gasteiger partial charge in [0.05, 0.1) is 6.10 Å². The van der Waals surface area contributed by atoms with Gasteiger partial charge >= 0.3 is 0 Å². The molecule has 1 unspecified atom stereocenters. The van der Waals surface area contributed by atoms with Gasteiger partial charge in [-0.3, -0.25) is 9.63 Å². The monoisotopic (exact) mass is 186 g/mol. The summed E-state index contributed by atoms with van der Waals surface area (Å²) in [6.07, 6.45) is 3.70. The third-order valence-corrected chi connectivity index (χ3v) is 2.07. The molecule has 76 valence electrons. The van der Waals surface area contributed by atoms with Gasteiger partial charge in [-0.25, -0.2) is 5.48 Å². The number of hydrogen-bond acceptors (Lipinski definition) is 3. The normalized spacial score (nSPS) is 22.7. The molecule has 1 saturated heterocycles. The highest BCUT2D eigenvalue weighted by atomic mass is 16.7. The van der Waals surface area contributed by atoms with Crippen molar-refractivity contribution in [2.45, 2.75) is 38.7 Å². The minimum Gasteiger partial charge on any atom is -0.314 e. The summed E-state index contributed by atoms with van der Waals surface area (Å²) in [6, 6.07) is 0. The topological polar surface area (TPSA) is 50.4 Å². The second-order valence-corrected chi connectivity index (χ2v) is 3.36. The third-order valence-electron chi connectivity index (χ3n) is 2.07. The second kappa shape index (κ2) is 5.94. The highest BCUT2D eigenvalue weighted by molar-refractivity contribution is 5.74. The van der Waals surface area contributed by atoms with E-state index < -0.39 is 0 Å². The number of nitrogens with one attached hydrogen (secondary N) is 2. The predicted octanol–water partition coefficient (Wildman–Crippen LogP) is 0.586. The molecule has 13 heavy (non-hydrogen) atoms. The maximum Gasteiger partial charge on any atom is 0.243 e. The zero-order valence-electron chi connectivity index (χ0n) is 8.14. The molecule has 4 nitrogen and oxygen atoms in total. The molecule has 0 spiro atoms. The van der Waals surface area contributed by atoms with Gasteiger partial charge in [-0.1, -0.05) is 6.92 Å². The number of amides is 1. The van der Waals surface area contributed by atoms with Crippen LogP contribution < -0.4 is 10.8 Å². The lowest BCUT2D eigenvalue weighted by molar-refractivity contribution is -0.139. The fourth-order valence-corrected chi connectivity index (χ4v) is 1.35. The Labute approximate surface area is 79.0 Å².